The number of allylic oxidation sites excluding steroid dienone is 1. The third-order valence-corrected chi connectivity index (χ3v) is 4.90. The molecule has 0 radical (unpaired) electrons. The molecule has 0 saturated heterocycles. The van der Waals surface area contributed by atoms with Gasteiger partial charge in [-0.3, -0.25) is 14.8 Å². The van der Waals surface area contributed by atoms with Crippen LogP contribution in [0.2, 0.25) is 0 Å². The van der Waals surface area contributed by atoms with Crippen molar-refractivity contribution in [3.8, 4) is 11.6 Å². The van der Waals surface area contributed by atoms with Gasteiger partial charge in [-0.2, -0.15) is 0 Å². The van der Waals surface area contributed by atoms with E-state index in [9.17, 15) is 14.7 Å². The maximum absolute atomic E-state index is 12.4. The predicted octanol–water partition coefficient (Wildman–Crippen LogP) is 3.64. The molecular formula is C20H14BrN3O3. The SMILES string of the molecule is CC1=Nc2ccccc2/C1=C\c1c(O)n(-c2ccc(Br)cc2)c(=O)[nH]c1=O. The van der Waals surface area contributed by atoms with Crippen molar-refractivity contribution < 1.29 is 5.11 Å². The van der Waals surface area contributed by atoms with Crippen molar-refractivity contribution in [3.05, 3.63) is 85.0 Å². The first-order valence-corrected chi connectivity index (χ1v) is 8.96. The fraction of sp³-hybridized carbons (Fsp3) is 0.0500. The third-order valence-electron chi connectivity index (χ3n) is 4.37. The highest BCUT2D eigenvalue weighted by molar-refractivity contribution is 9.10. The molecule has 0 unspecified atom stereocenters. The quantitative estimate of drug-likeness (QED) is 0.659. The van der Waals surface area contributed by atoms with Crippen LogP contribution in [0.25, 0.3) is 17.3 Å². The zero-order chi connectivity index (χ0) is 19.1. The van der Waals surface area contributed by atoms with Crippen LogP contribution < -0.4 is 11.2 Å². The van der Waals surface area contributed by atoms with E-state index in [2.05, 4.69) is 25.9 Å². The minimum atomic E-state index is -0.709. The summed E-state index contributed by atoms with van der Waals surface area (Å²) in [6.45, 7) is 1.84. The number of halogens is 1. The van der Waals surface area contributed by atoms with Gasteiger partial charge in [0.2, 0.25) is 5.88 Å². The topological polar surface area (TPSA) is 87.4 Å². The van der Waals surface area contributed by atoms with E-state index in [0.29, 0.717) is 5.69 Å². The zero-order valence-electron chi connectivity index (χ0n) is 14.2. The molecule has 6 nitrogen and oxygen atoms in total. The number of aliphatic imine (C=N–C) groups is 1. The smallest absolute Gasteiger partial charge is 0.335 e. The van der Waals surface area contributed by atoms with Crippen molar-refractivity contribution >= 4 is 39.0 Å². The lowest BCUT2D eigenvalue weighted by Crippen LogP contribution is -2.30. The molecule has 1 aromatic heterocycles. The molecule has 0 bridgehead atoms. The number of nitrogens with zero attached hydrogens (tertiary/aromatic N) is 2. The van der Waals surface area contributed by atoms with Gasteiger partial charge in [-0.05, 0) is 43.3 Å². The standard InChI is InChI=1S/C20H14BrN3O3/c1-11-15(14-4-2-3-5-17(14)22-11)10-16-18(25)23-20(27)24(19(16)26)13-8-6-12(21)7-9-13/h2-10,26H,1H3,(H,23,25,27)/b15-10-. The van der Waals surface area contributed by atoms with Crippen LogP contribution in [-0.4, -0.2) is 20.4 Å². The normalized spacial score (nSPS) is 14.3. The van der Waals surface area contributed by atoms with Crippen LogP contribution in [0.5, 0.6) is 5.88 Å². The highest BCUT2D eigenvalue weighted by Crippen LogP contribution is 2.36. The van der Waals surface area contributed by atoms with Crippen LogP contribution in [0.15, 0.2) is 67.6 Å². The van der Waals surface area contributed by atoms with E-state index in [4.69, 9.17) is 0 Å². The first-order chi connectivity index (χ1) is 13.0. The predicted molar refractivity (Wildman–Crippen MR) is 109 cm³/mol. The molecule has 0 spiro atoms. The Kier molecular flexibility index (Phi) is 4.16. The van der Waals surface area contributed by atoms with Gasteiger partial charge < -0.3 is 5.11 Å². The maximum Gasteiger partial charge on any atom is 0.335 e. The lowest BCUT2D eigenvalue weighted by molar-refractivity contribution is 0.429. The number of para-hydroxylation sites is 1. The summed E-state index contributed by atoms with van der Waals surface area (Å²) in [6, 6.07) is 14.4. The molecule has 134 valence electrons. The monoisotopic (exact) mass is 423 g/mol. The van der Waals surface area contributed by atoms with Gasteiger partial charge >= 0.3 is 5.69 Å². The largest absolute Gasteiger partial charge is 0.494 e. The van der Waals surface area contributed by atoms with Gasteiger partial charge in [0.05, 0.1) is 11.4 Å². The molecule has 1 aliphatic rings. The van der Waals surface area contributed by atoms with Crippen LogP contribution in [0.4, 0.5) is 5.69 Å². The number of aromatic hydroxyl groups is 1. The summed E-state index contributed by atoms with van der Waals surface area (Å²) in [6.07, 6.45) is 1.56. The van der Waals surface area contributed by atoms with Crippen molar-refractivity contribution in [1.29, 1.82) is 0 Å². The number of aromatic amines is 1. The van der Waals surface area contributed by atoms with Crippen LogP contribution in [0.1, 0.15) is 18.1 Å². The Hall–Kier alpha value is -3.19. The first kappa shape index (κ1) is 17.2. The molecule has 0 aliphatic carbocycles. The Labute approximate surface area is 162 Å². The molecule has 3 aromatic rings. The minimum Gasteiger partial charge on any atom is -0.494 e. The fourth-order valence-corrected chi connectivity index (χ4v) is 3.32. The van der Waals surface area contributed by atoms with Crippen LogP contribution >= 0.6 is 15.9 Å². The second-order valence-electron chi connectivity index (χ2n) is 6.08. The number of rotatable bonds is 2. The zero-order valence-corrected chi connectivity index (χ0v) is 15.8. The molecule has 0 fully saturated rings. The van der Waals surface area contributed by atoms with Crippen LogP contribution in [0.3, 0.4) is 0 Å². The molecule has 1 aliphatic heterocycles. The number of H-pyrrole nitrogens is 1. The Morgan fingerprint density at radius 3 is 2.56 bits per heavy atom. The first-order valence-electron chi connectivity index (χ1n) is 8.16. The molecule has 2 aromatic carbocycles. The number of hydrogen-bond donors (Lipinski definition) is 2. The van der Waals surface area contributed by atoms with E-state index in [0.717, 1.165) is 31.6 Å². The summed E-state index contributed by atoms with van der Waals surface area (Å²) in [5.74, 6) is -0.421. The van der Waals surface area contributed by atoms with Crippen molar-refractivity contribution in [2.75, 3.05) is 0 Å². The van der Waals surface area contributed by atoms with Crippen molar-refractivity contribution in [1.82, 2.24) is 9.55 Å². The Morgan fingerprint density at radius 2 is 1.81 bits per heavy atom. The van der Waals surface area contributed by atoms with Gasteiger partial charge in [-0.1, -0.05) is 34.1 Å². The molecule has 2 N–H and O–H groups in total. The summed E-state index contributed by atoms with van der Waals surface area (Å²) in [5.41, 5.74) is 2.21. The lowest BCUT2D eigenvalue weighted by atomic mass is 10.0. The highest BCUT2D eigenvalue weighted by Gasteiger charge is 2.20. The van der Waals surface area contributed by atoms with E-state index >= 15 is 0 Å². The van der Waals surface area contributed by atoms with E-state index in [1.165, 1.54) is 0 Å². The van der Waals surface area contributed by atoms with Crippen molar-refractivity contribution in [2.45, 2.75) is 6.92 Å². The van der Waals surface area contributed by atoms with E-state index in [-0.39, 0.29) is 5.56 Å². The number of nitrogens with one attached hydrogen (secondary N) is 1. The van der Waals surface area contributed by atoms with Crippen LogP contribution in [0, 0.1) is 0 Å². The molecule has 2 heterocycles. The highest BCUT2D eigenvalue weighted by atomic mass is 79.9. The molecule has 0 saturated carbocycles. The van der Waals surface area contributed by atoms with Gasteiger partial charge in [0.1, 0.15) is 5.56 Å². The van der Waals surface area contributed by atoms with Gasteiger partial charge in [0.15, 0.2) is 0 Å². The molecule has 0 atom stereocenters. The number of benzene rings is 2. The Balaban J connectivity index is 1.94. The third kappa shape index (κ3) is 2.96. The molecule has 7 heteroatoms. The van der Waals surface area contributed by atoms with E-state index in [1.54, 1.807) is 30.3 Å². The molecule has 0 amide bonds. The minimum absolute atomic E-state index is 0.00114. The van der Waals surface area contributed by atoms with Crippen molar-refractivity contribution in [2.24, 2.45) is 4.99 Å². The molecular weight excluding hydrogens is 410 g/mol. The summed E-state index contributed by atoms with van der Waals surface area (Å²) in [5, 5.41) is 10.7. The van der Waals surface area contributed by atoms with E-state index < -0.39 is 17.1 Å². The van der Waals surface area contributed by atoms with Crippen molar-refractivity contribution in [3.63, 3.8) is 0 Å². The lowest BCUT2D eigenvalue weighted by Gasteiger charge is -2.10. The Bertz CT molecular complexity index is 1230. The van der Waals surface area contributed by atoms with Gasteiger partial charge in [-0.25, -0.2) is 9.36 Å². The summed E-state index contributed by atoms with van der Waals surface area (Å²) in [7, 11) is 0. The number of aromatic nitrogens is 2. The number of fused-ring (bicyclic) bond motifs is 1. The average molecular weight is 424 g/mol. The molecule has 4 rings (SSSR count). The average Bonchev–Trinajstić information content (AvgIpc) is 2.95. The second-order valence-corrected chi connectivity index (χ2v) is 7.00. The van der Waals surface area contributed by atoms with Gasteiger partial charge in [0.25, 0.3) is 5.56 Å². The Morgan fingerprint density at radius 1 is 1.11 bits per heavy atom. The maximum atomic E-state index is 12.4. The van der Waals surface area contributed by atoms with E-state index in [1.807, 2.05) is 31.2 Å². The van der Waals surface area contributed by atoms with Gasteiger partial charge in [-0.15, -0.1) is 0 Å². The summed E-state index contributed by atoms with van der Waals surface area (Å²) in [4.78, 5) is 31.4. The fourth-order valence-electron chi connectivity index (χ4n) is 3.06. The number of hydrogen-bond acceptors (Lipinski definition) is 4. The summed E-state index contributed by atoms with van der Waals surface area (Å²) < 4.78 is 1.90. The molecule has 27 heavy (non-hydrogen) atoms. The van der Waals surface area contributed by atoms with Gasteiger partial charge in [0, 0.05) is 21.3 Å². The summed E-state index contributed by atoms with van der Waals surface area (Å²) >= 11 is 3.33. The second kappa shape index (κ2) is 6.51. The van der Waals surface area contributed by atoms with Crippen LogP contribution in [-0.2, 0) is 0 Å².